The highest BCUT2D eigenvalue weighted by molar-refractivity contribution is 5.87. The molecule has 0 bridgehead atoms. The number of aromatic hydroxyl groups is 1. The van der Waals surface area contributed by atoms with Crippen LogP contribution in [0.25, 0.3) is 10.9 Å². The number of rotatable bonds is 0. The third-order valence-electron chi connectivity index (χ3n) is 3.92. The second-order valence-electron chi connectivity index (χ2n) is 5.10. The van der Waals surface area contributed by atoms with Crippen LogP contribution < -0.4 is 0 Å². The maximum absolute atomic E-state index is 14.1. The summed E-state index contributed by atoms with van der Waals surface area (Å²) in [6.45, 7) is 4.73. The van der Waals surface area contributed by atoms with Crippen molar-refractivity contribution in [2.45, 2.75) is 19.9 Å². The normalized spacial score (nSPS) is 16.8. The molecule has 18 heavy (non-hydrogen) atoms. The van der Waals surface area contributed by atoms with Gasteiger partial charge in [-0.25, -0.2) is 4.39 Å². The molecule has 3 rings (SSSR count). The number of nitrogens with zero attached hydrogens (tertiary/aromatic N) is 2. The molecule has 2 heterocycles. The lowest BCUT2D eigenvalue weighted by atomic mass is 10.1. The third kappa shape index (κ3) is 1.60. The number of likely N-dealkylation sites (N-methyl/N-ethyl adjacent to an activating group) is 1. The highest BCUT2D eigenvalue weighted by atomic mass is 19.1. The monoisotopic (exact) mass is 248 g/mol. The number of fused-ring (bicyclic) bond motifs is 3. The van der Waals surface area contributed by atoms with Gasteiger partial charge in [-0.2, -0.15) is 0 Å². The Bertz CT molecular complexity index is 618. The molecule has 0 aliphatic carbocycles. The van der Waals surface area contributed by atoms with Crippen molar-refractivity contribution in [1.82, 2.24) is 9.47 Å². The van der Waals surface area contributed by atoms with Gasteiger partial charge in [0.05, 0.1) is 5.52 Å². The summed E-state index contributed by atoms with van der Waals surface area (Å²) in [5.74, 6) is -0.329. The number of phenolic OH excluding ortho intramolecular Hbond substituents is 1. The highest BCUT2D eigenvalue weighted by Gasteiger charge is 2.20. The summed E-state index contributed by atoms with van der Waals surface area (Å²) in [6.07, 6.45) is 0.928. The molecule has 1 N–H and O–H groups in total. The van der Waals surface area contributed by atoms with Gasteiger partial charge in [-0.15, -0.1) is 0 Å². The lowest BCUT2D eigenvalue weighted by Crippen LogP contribution is -2.21. The Labute approximate surface area is 105 Å². The van der Waals surface area contributed by atoms with E-state index in [9.17, 15) is 9.50 Å². The zero-order chi connectivity index (χ0) is 12.9. The summed E-state index contributed by atoms with van der Waals surface area (Å²) < 4.78 is 16.2. The first-order valence-corrected chi connectivity index (χ1v) is 6.26. The first-order valence-electron chi connectivity index (χ1n) is 6.26. The van der Waals surface area contributed by atoms with Gasteiger partial charge in [-0.1, -0.05) is 0 Å². The summed E-state index contributed by atoms with van der Waals surface area (Å²) in [4.78, 5) is 2.26. The van der Waals surface area contributed by atoms with Crippen molar-refractivity contribution in [2.24, 2.45) is 0 Å². The fraction of sp³-hybridized carbons (Fsp3) is 0.429. The molecule has 0 amide bonds. The van der Waals surface area contributed by atoms with Crippen LogP contribution in [0.15, 0.2) is 12.1 Å². The lowest BCUT2D eigenvalue weighted by molar-refractivity contribution is 0.342. The van der Waals surface area contributed by atoms with Gasteiger partial charge in [0.1, 0.15) is 5.75 Å². The summed E-state index contributed by atoms with van der Waals surface area (Å²) in [5.41, 5.74) is 2.92. The maximum atomic E-state index is 14.1. The quantitative estimate of drug-likeness (QED) is 0.774. The van der Waals surface area contributed by atoms with E-state index in [1.807, 2.05) is 6.92 Å². The van der Waals surface area contributed by atoms with Gasteiger partial charge in [-0.05, 0) is 25.6 Å². The van der Waals surface area contributed by atoms with Crippen LogP contribution in [0.5, 0.6) is 5.75 Å². The molecule has 2 aromatic rings. The van der Waals surface area contributed by atoms with E-state index >= 15 is 0 Å². The molecule has 0 spiro atoms. The van der Waals surface area contributed by atoms with Crippen molar-refractivity contribution in [3.63, 3.8) is 0 Å². The van der Waals surface area contributed by atoms with Crippen molar-refractivity contribution in [3.05, 3.63) is 29.2 Å². The molecule has 0 atom stereocenters. The van der Waals surface area contributed by atoms with Crippen molar-refractivity contribution in [2.75, 3.05) is 20.1 Å². The third-order valence-corrected chi connectivity index (χ3v) is 3.92. The molecule has 4 heteroatoms. The summed E-state index contributed by atoms with van der Waals surface area (Å²) in [5, 5.41) is 10.4. The standard InChI is InChI=1S/C14H17FN2O/c1-9-11-7-10(18)8-12(15)14(11)17-6-5-16(2)4-3-13(9)17/h7-8,18H,3-6H2,1-2H3. The Hall–Kier alpha value is -1.55. The van der Waals surface area contributed by atoms with E-state index in [-0.39, 0.29) is 11.6 Å². The van der Waals surface area contributed by atoms with Crippen LogP contribution in [0, 0.1) is 12.7 Å². The first kappa shape index (κ1) is 11.5. The lowest BCUT2D eigenvalue weighted by Gasteiger charge is -2.12. The zero-order valence-electron chi connectivity index (χ0n) is 10.7. The van der Waals surface area contributed by atoms with Crippen molar-refractivity contribution < 1.29 is 9.50 Å². The van der Waals surface area contributed by atoms with E-state index in [1.165, 1.54) is 11.8 Å². The SMILES string of the molecule is Cc1c2n(c3c(F)cc(O)cc13)CCN(C)CC2. The van der Waals surface area contributed by atoms with E-state index in [1.54, 1.807) is 6.07 Å². The number of aryl methyl sites for hydroxylation is 1. The van der Waals surface area contributed by atoms with Crippen molar-refractivity contribution in [1.29, 1.82) is 0 Å². The first-order chi connectivity index (χ1) is 8.58. The minimum absolute atomic E-state index is 0.000905. The Balaban J connectivity index is 2.30. The molecule has 0 radical (unpaired) electrons. The van der Waals surface area contributed by atoms with Gasteiger partial charge in [0.15, 0.2) is 5.82 Å². The summed E-state index contributed by atoms with van der Waals surface area (Å²) >= 11 is 0. The molecule has 0 saturated carbocycles. The number of hydrogen-bond donors (Lipinski definition) is 1. The number of benzene rings is 1. The van der Waals surface area contributed by atoms with Crippen LogP contribution in [0.1, 0.15) is 11.3 Å². The molecule has 0 unspecified atom stereocenters. The fourth-order valence-electron chi connectivity index (χ4n) is 2.89. The van der Waals surface area contributed by atoms with Gasteiger partial charge < -0.3 is 14.6 Å². The molecule has 0 fully saturated rings. The van der Waals surface area contributed by atoms with Gasteiger partial charge in [-0.3, -0.25) is 0 Å². The zero-order valence-corrected chi connectivity index (χ0v) is 10.7. The van der Waals surface area contributed by atoms with Gasteiger partial charge >= 0.3 is 0 Å². The minimum atomic E-state index is -0.330. The van der Waals surface area contributed by atoms with E-state index in [0.29, 0.717) is 5.52 Å². The predicted molar refractivity (Wildman–Crippen MR) is 69.5 cm³/mol. The van der Waals surface area contributed by atoms with Crippen molar-refractivity contribution >= 4 is 10.9 Å². The van der Waals surface area contributed by atoms with Gasteiger partial charge in [0, 0.05) is 43.2 Å². The van der Waals surface area contributed by atoms with Gasteiger partial charge in [0.25, 0.3) is 0 Å². The van der Waals surface area contributed by atoms with E-state index < -0.39 is 0 Å². The largest absolute Gasteiger partial charge is 0.508 e. The van der Waals surface area contributed by atoms with E-state index in [0.717, 1.165) is 37.0 Å². The van der Waals surface area contributed by atoms with Crippen LogP contribution in [-0.2, 0) is 13.0 Å². The molecule has 3 nitrogen and oxygen atoms in total. The number of halogens is 1. The summed E-state index contributed by atoms with van der Waals surface area (Å²) in [6, 6.07) is 2.86. The maximum Gasteiger partial charge on any atom is 0.151 e. The summed E-state index contributed by atoms with van der Waals surface area (Å²) in [7, 11) is 2.09. The molecule has 1 aromatic heterocycles. The topological polar surface area (TPSA) is 28.4 Å². The Kier molecular flexibility index (Phi) is 2.55. The van der Waals surface area contributed by atoms with Crippen LogP contribution in [0.3, 0.4) is 0 Å². The number of hydrogen-bond acceptors (Lipinski definition) is 2. The Morgan fingerprint density at radius 2 is 2.00 bits per heavy atom. The fourth-order valence-corrected chi connectivity index (χ4v) is 2.89. The minimum Gasteiger partial charge on any atom is -0.508 e. The predicted octanol–water partition coefficient (Wildman–Crippen LogP) is 2.28. The molecule has 96 valence electrons. The molecule has 1 aliphatic rings. The van der Waals surface area contributed by atoms with Crippen molar-refractivity contribution in [3.8, 4) is 5.75 Å². The van der Waals surface area contributed by atoms with E-state index in [2.05, 4.69) is 16.5 Å². The average Bonchev–Trinajstić information content (AvgIpc) is 2.46. The molecule has 0 saturated heterocycles. The number of phenols is 1. The second kappa shape index (κ2) is 3.99. The Morgan fingerprint density at radius 1 is 1.22 bits per heavy atom. The van der Waals surface area contributed by atoms with Crippen LogP contribution in [0.4, 0.5) is 4.39 Å². The number of aromatic nitrogens is 1. The Morgan fingerprint density at radius 3 is 2.78 bits per heavy atom. The molecule has 1 aliphatic heterocycles. The molecule has 1 aromatic carbocycles. The molecular weight excluding hydrogens is 231 g/mol. The van der Waals surface area contributed by atoms with E-state index in [4.69, 9.17) is 0 Å². The smallest absolute Gasteiger partial charge is 0.151 e. The average molecular weight is 248 g/mol. The second-order valence-corrected chi connectivity index (χ2v) is 5.10. The van der Waals surface area contributed by atoms with Crippen LogP contribution in [-0.4, -0.2) is 34.7 Å². The highest BCUT2D eigenvalue weighted by Crippen LogP contribution is 2.32. The van der Waals surface area contributed by atoms with Crippen LogP contribution >= 0.6 is 0 Å². The molecular formula is C14H17FN2O. The van der Waals surface area contributed by atoms with Crippen LogP contribution in [0.2, 0.25) is 0 Å². The van der Waals surface area contributed by atoms with Gasteiger partial charge in [0.2, 0.25) is 0 Å².